The van der Waals surface area contributed by atoms with Crippen LogP contribution in [0.3, 0.4) is 0 Å². The number of hydrogen-bond donors (Lipinski definition) is 0. The van der Waals surface area contributed by atoms with Gasteiger partial charge in [-0.05, 0) is 38.0 Å². The minimum absolute atomic E-state index is 0.0436. The summed E-state index contributed by atoms with van der Waals surface area (Å²) in [5.41, 5.74) is -0.817. The molecule has 18 heavy (non-hydrogen) atoms. The van der Waals surface area contributed by atoms with Gasteiger partial charge < -0.3 is 9.64 Å². The van der Waals surface area contributed by atoms with Crippen LogP contribution in [-0.2, 0) is 9.53 Å². The Balaban J connectivity index is 2.06. The lowest BCUT2D eigenvalue weighted by atomic mass is 9.80. The van der Waals surface area contributed by atoms with Crippen LogP contribution in [0.25, 0.3) is 0 Å². The van der Waals surface area contributed by atoms with E-state index in [1.807, 2.05) is 4.90 Å². The van der Waals surface area contributed by atoms with Crippen LogP contribution >= 0.6 is 0 Å². The molecule has 1 heterocycles. The molecule has 0 unspecified atom stereocenters. The van der Waals surface area contributed by atoms with E-state index in [1.54, 1.807) is 0 Å². The molecule has 0 aromatic carbocycles. The van der Waals surface area contributed by atoms with Gasteiger partial charge in [-0.2, -0.15) is 5.26 Å². The van der Waals surface area contributed by atoms with Crippen LogP contribution in [0.1, 0.15) is 39.0 Å². The van der Waals surface area contributed by atoms with E-state index >= 15 is 0 Å². The Morgan fingerprint density at radius 1 is 1.44 bits per heavy atom. The van der Waals surface area contributed by atoms with Gasteiger partial charge >= 0.3 is 0 Å². The van der Waals surface area contributed by atoms with Gasteiger partial charge in [0.2, 0.25) is 5.91 Å². The molecule has 0 aromatic rings. The summed E-state index contributed by atoms with van der Waals surface area (Å²) in [5.74, 6) is 0.720. The predicted octanol–water partition coefficient (Wildman–Crippen LogP) is 1.96. The topological polar surface area (TPSA) is 53.3 Å². The van der Waals surface area contributed by atoms with Crippen LogP contribution in [0, 0.1) is 22.7 Å². The van der Waals surface area contributed by atoms with Gasteiger partial charge in [0, 0.05) is 26.3 Å². The molecule has 0 aromatic heterocycles. The van der Waals surface area contributed by atoms with Crippen molar-refractivity contribution in [3.05, 3.63) is 0 Å². The molecule has 100 valence electrons. The summed E-state index contributed by atoms with van der Waals surface area (Å²) < 4.78 is 5.29. The lowest BCUT2D eigenvalue weighted by Crippen LogP contribution is -2.47. The summed E-state index contributed by atoms with van der Waals surface area (Å²) in [5, 5.41) is 9.43. The maximum atomic E-state index is 12.7. The fraction of sp³-hybridized carbons (Fsp3) is 0.857. The second kappa shape index (κ2) is 5.71. The average molecular weight is 250 g/mol. The van der Waals surface area contributed by atoms with Crippen molar-refractivity contribution in [3.63, 3.8) is 0 Å². The number of hydrogen-bond acceptors (Lipinski definition) is 3. The molecular formula is C14H22N2O2. The zero-order valence-corrected chi connectivity index (χ0v) is 11.2. The number of carbonyl (C=O) groups excluding carboxylic acids is 1. The first-order valence-corrected chi connectivity index (χ1v) is 7.00. The van der Waals surface area contributed by atoms with Crippen LogP contribution in [-0.4, -0.2) is 37.1 Å². The van der Waals surface area contributed by atoms with Crippen molar-refractivity contribution in [1.82, 2.24) is 4.90 Å². The van der Waals surface area contributed by atoms with Crippen LogP contribution < -0.4 is 0 Å². The van der Waals surface area contributed by atoms with E-state index in [0.717, 1.165) is 19.5 Å². The number of ether oxygens (including phenoxy) is 1. The third-order valence-electron chi connectivity index (χ3n) is 3.93. The average Bonchev–Trinajstić information content (AvgIpc) is 3.22. The Bertz CT molecular complexity index is 338. The monoisotopic (exact) mass is 250 g/mol. The van der Waals surface area contributed by atoms with Crippen LogP contribution in [0.4, 0.5) is 0 Å². The highest BCUT2D eigenvalue weighted by Crippen LogP contribution is 2.35. The third kappa shape index (κ3) is 2.84. The molecular weight excluding hydrogens is 228 g/mol. The first-order valence-electron chi connectivity index (χ1n) is 7.00. The van der Waals surface area contributed by atoms with Gasteiger partial charge in [0.25, 0.3) is 0 Å². The highest BCUT2D eigenvalue weighted by atomic mass is 16.5. The molecule has 0 bridgehead atoms. The molecule has 0 radical (unpaired) electrons. The number of carbonyl (C=O) groups is 1. The predicted molar refractivity (Wildman–Crippen MR) is 67.7 cm³/mol. The van der Waals surface area contributed by atoms with Gasteiger partial charge in [-0.1, -0.05) is 6.92 Å². The first kappa shape index (κ1) is 13.4. The number of nitrogens with zero attached hydrogens (tertiary/aromatic N) is 2. The SMILES string of the molecule is CCCN(CC1CC1)C(=O)C1(C#N)CCOCC1. The van der Waals surface area contributed by atoms with E-state index in [0.29, 0.717) is 32.0 Å². The van der Waals surface area contributed by atoms with Crippen LogP contribution in [0.2, 0.25) is 0 Å². The molecule has 1 saturated heterocycles. The lowest BCUT2D eigenvalue weighted by molar-refractivity contribution is -0.143. The summed E-state index contributed by atoms with van der Waals surface area (Å²) in [7, 11) is 0. The molecule has 1 aliphatic carbocycles. The lowest BCUT2D eigenvalue weighted by Gasteiger charge is -2.34. The second-order valence-corrected chi connectivity index (χ2v) is 5.50. The maximum Gasteiger partial charge on any atom is 0.243 e. The van der Waals surface area contributed by atoms with Crippen LogP contribution in [0.5, 0.6) is 0 Å². The molecule has 0 spiro atoms. The summed E-state index contributed by atoms with van der Waals surface area (Å²) in [4.78, 5) is 14.6. The highest BCUT2D eigenvalue weighted by molar-refractivity contribution is 5.85. The molecule has 1 amide bonds. The standard InChI is InChI=1S/C14H22N2O2/c1-2-7-16(10-12-3-4-12)13(17)14(11-15)5-8-18-9-6-14/h12H,2-10H2,1H3. The van der Waals surface area contributed by atoms with Crippen LogP contribution in [0.15, 0.2) is 0 Å². The van der Waals surface area contributed by atoms with Crippen molar-refractivity contribution in [2.75, 3.05) is 26.3 Å². The Morgan fingerprint density at radius 3 is 2.61 bits per heavy atom. The summed E-state index contributed by atoms with van der Waals surface area (Å²) in [6.07, 6.45) is 4.52. The molecule has 0 N–H and O–H groups in total. The molecule has 0 atom stereocenters. The first-order chi connectivity index (χ1) is 8.72. The zero-order chi connectivity index (χ0) is 13.0. The molecule has 2 aliphatic rings. The van der Waals surface area contributed by atoms with E-state index in [1.165, 1.54) is 12.8 Å². The zero-order valence-electron chi connectivity index (χ0n) is 11.2. The van der Waals surface area contributed by atoms with Crippen molar-refractivity contribution < 1.29 is 9.53 Å². The Hall–Kier alpha value is -1.08. The van der Waals surface area contributed by atoms with Gasteiger partial charge in [0.15, 0.2) is 0 Å². The fourth-order valence-corrected chi connectivity index (χ4v) is 2.55. The highest BCUT2D eigenvalue weighted by Gasteiger charge is 2.43. The number of amides is 1. The van der Waals surface area contributed by atoms with Gasteiger partial charge in [-0.25, -0.2) is 0 Å². The van der Waals surface area contributed by atoms with E-state index in [9.17, 15) is 10.1 Å². The Labute approximate surface area is 109 Å². The van der Waals surface area contributed by atoms with Gasteiger partial charge in [-0.15, -0.1) is 0 Å². The minimum Gasteiger partial charge on any atom is -0.381 e. The minimum atomic E-state index is -0.817. The van der Waals surface area contributed by atoms with E-state index in [4.69, 9.17) is 4.74 Å². The smallest absolute Gasteiger partial charge is 0.243 e. The maximum absolute atomic E-state index is 12.7. The fourth-order valence-electron chi connectivity index (χ4n) is 2.55. The van der Waals surface area contributed by atoms with Crippen molar-refractivity contribution >= 4 is 5.91 Å². The Kier molecular flexibility index (Phi) is 4.23. The Morgan fingerprint density at radius 2 is 2.11 bits per heavy atom. The summed E-state index contributed by atoms with van der Waals surface area (Å²) >= 11 is 0. The molecule has 4 heteroatoms. The molecule has 2 fully saturated rings. The summed E-state index contributed by atoms with van der Waals surface area (Å²) in [6.45, 7) is 4.76. The van der Waals surface area contributed by atoms with Gasteiger partial charge in [0.1, 0.15) is 5.41 Å². The van der Waals surface area contributed by atoms with E-state index in [-0.39, 0.29) is 5.91 Å². The van der Waals surface area contributed by atoms with Crippen molar-refractivity contribution in [2.45, 2.75) is 39.0 Å². The number of nitriles is 1. The molecule has 2 rings (SSSR count). The van der Waals surface area contributed by atoms with Gasteiger partial charge in [0.05, 0.1) is 6.07 Å². The molecule has 1 saturated carbocycles. The number of rotatable bonds is 5. The molecule has 1 aliphatic heterocycles. The normalized spacial score (nSPS) is 22.2. The van der Waals surface area contributed by atoms with Gasteiger partial charge in [-0.3, -0.25) is 4.79 Å². The summed E-state index contributed by atoms with van der Waals surface area (Å²) in [6, 6.07) is 2.28. The van der Waals surface area contributed by atoms with Crippen molar-refractivity contribution in [2.24, 2.45) is 11.3 Å². The second-order valence-electron chi connectivity index (χ2n) is 5.50. The third-order valence-corrected chi connectivity index (χ3v) is 3.93. The quantitative estimate of drug-likeness (QED) is 0.749. The van der Waals surface area contributed by atoms with E-state index < -0.39 is 5.41 Å². The largest absolute Gasteiger partial charge is 0.381 e. The van der Waals surface area contributed by atoms with Crippen molar-refractivity contribution in [3.8, 4) is 6.07 Å². The molecule has 4 nitrogen and oxygen atoms in total. The van der Waals surface area contributed by atoms with E-state index in [2.05, 4.69) is 13.0 Å². The van der Waals surface area contributed by atoms with Crippen molar-refractivity contribution in [1.29, 1.82) is 5.26 Å².